The lowest BCUT2D eigenvalue weighted by molar-refractivity contribution is -0.121. The molecule has 0 bridgehead atoms. The normalized spacial score (nSPS) is 9.67. The van der Waals surface area contributed by atoms with E-state index >= 15 is 0 Å². The van der Waals surface area contributed by atoms with Crippen molar-refractivity contribution in [2.24, 2.45) is 0 Å². The highest BCUT2D eigenvalue weighted by Gasteiger charge is 2.14. The predicted octanol–water partition coefficient (Wildman–Crippen LogP) is 1.89. The van der Waals surface area contributed by atoms with E-state index in [0.29, 0.717) is 17.7 Å². The summed E-state index contributed by atoms with van der Waals surface area (Å²) in [5.74, 6) is -0.210. The third-order valence-corrected chi connectivity index (χ3v) is 3.12. The Morgan fingerprint density at radius 3 is 2.67 bits per heavy atom. The average molecular weight is 374 g/mol. The van der Waals surface area contributed by atoms with Crippen LogP contribution in [0, 0.1) is 0 Å². The lowest BCUT2D eigenvalue weighted by atomic mass is 10.2. The molecule has 6 nitrogen and oxygen atoms in total. The first kappa shape index (κ1) is 17.4. The van der Waals surface area contributed by atoms with E-state index in [4.69, 9.17) is 17.0 Å². The number of hydrazine groups is 1. The van der Waals surface area contributed by atoms with Crippen molar-refractivity contribution in [1.29, 1.82) is 0 Å². The zero-order valence-corrected chi connectivity index (χ0v) is 14.1. The molecule has 3 N–H and O–H groups in total. The number of methoxy groups -OCH3 is 1. The first-order valence-corrected chi connectivity index (χ1v) is 7.41. The van der Waals surface area contributed by atoms with Crippen LogP contribution in [0.2, 0.25) is 0 Å². The lowest BCUT2D eigenvalue weighted by Crippen LogP contribution is -2.48. The topological polar surface area (TPSA) is 79.5 Å². The van der Waals surface area contributed by atoms with Gasteiger partial charge in [-0.25, -0.2) is 0 Å². The van der Waals surface area contributed by atoms with Crippen LogP contribution in [0.4, 0.5) is 0 Å². The van der Waals surface area contributed by atoms with E-state index in [2.05, 4.69) is 32.1 Å². The van der Waals surface area contributed by atoms with Crippen molar-refractivity contribution in [1.82, 2.24) is 16.2 Å². The molecule has 8 heteroatoms. The number of carbonyl (C=O) groups excluding carboxylic acids is 2. The summed E-state index contributed by atoms with van der Waals surface area (Å²) in [5.41, 5.74) is 5.19. The molecular weight excluding hydrogens is 358 g/mol. The monoisotopic (exact) mass is 373 g/mol. The van der Waals surface area contributed by atoms with Gasteiger partial charge in [-0.05, 0) is 36.8 Å². The van der Waals surface area contributed by atoms with Crippen molar-refractivity contribution in [3.8, 4) is 5.75 Å². The summed E-state index contributed by atoms with van der Waals surface area (Å²) in [5, 5.41) is 2.47. The van der Waals surface area contributed by atoms with Crippen molar-refractivity contribution in [3.63, 3.8) is 0 Å². The number of rotatable bonds is 4. The van der Waals surface area contributed by atoms with Gasteiger partial charge in [-0.2, -0.15) is 0 Å². The van der Waals surface area contributed by atoms with Gasteiger partial charge in [0.25, 0.3) is 5.91 Å². The zero-order chi connectivity index (χ0) is 15.8. The van der Waals surface area contributed by atoms with E-state index in [9.17, 15) is 9.59 Å². The minimum absolute atomic E-state index is 0.00600. The first-order chi connectivity index (χ1) is 9.97. The maximum atomic E-state index is 12.1. The second kappa shape index (κ2) is 8.58. The summed E-state index contributed by atoms with van der Waals surface area (Å²) in [6.45, 7) is 1.89. The Labute approximate surface area is 136 Å². The van der Waals surface area contributed by atoms with Gasteiger partial charge in [0.05, 0.1) is 12.7 Å². The van der Waals surface area contributed by atoms with Gasteiger partial charge < -0.3 is 4.74 Å². The van der Waals surface area contributed by atoms with Gasteiger partial charge >= 0.3 is 0 Å². The number of amides is 2. The zero-order valence-electron chi connectivity index (χ0n) is 11.7. The third kappa shape index (κ3) is 5.68. The van der Waals surface area contributed by atoms with Crippen LogP contribution >= 0.6 is 28.1 Å². The average Bonchev–Trinajstić information content (AvgIpc) is 2.45. The standard InChI is InChI=1S/C13H16BrN3O3S/c1-3-4-11(18)16-17-13(21)15-12(19)9-7-8(14)5-6-10(9)20-2/h5-7H,3-4H2,1-2H3,(H,16,18)(H2,15,17,19,21). The smallest absolute Gasteiger partial charge is 0.261 e. The molecule has 0 atom stereocenters. The molecule has 2 amide bonds. The SMILES string of the molecule is CCCC(=O)NNC(=S)NC(=O)c1cc(Br)ccc1OC. The number of nitrogens with one attached hydrogen (secondary N) is 3. The Kier molecular flexibility index (Phi) is 7.10. The van der Waals surface area contributed by atoms with Gasteiger partial charge in [0.2, 0.25) is 5.91 Å². The van der Waals surface area contributed by atoms with Crippen LogP contribution < -0.4 is 20.9 Å². The number of halogens is 1. The molecule has 0 radical (unpaired) electrons. The molecule has 1 aromatic carbocycles. The van der Waals surface area contributed by atoms with Gasteiger partial charge in [-0.1, -0.05) is 22.9 Å². The molecule has 0 aliphatic carbocycles. The number of hydrogen-bond donors (Lipinski definition) is 3. The Balaban J connectivity index is 2.62. The first-order valence-electron chi connectivity index (χ1n) is 6.21. The van der Waals surface area contributed by atoms with Gasteiger partial charge in [0.1, 0.15) is 5.75 Å². The lowest BCUT2D eigenvalue weighted by Gasteiger charge is -2.12. The number of hydrogen-bond acceptors (Lipinski definition) is 4. The van der Waals surface area contributed by atoms with Gasteiger partial charge in [-0.3, -0.25) is 25.8 Å². The molecule has 0 saturated heterocycles. The summed E-state index contributed by atoms with van der Waals surface area (Å²) in [6.07, 6.45) is 1.10. The van der Waals surface area contributed by atoms with Crippen LogP contribution in [0.15, 0.2) is 22.7 Å². The molecule has 0 unspecified atom stereocenters. The molecule has 0 spiro atoms. The molecule has 0 aliphatic rings. The Bertz CT molecular complexity index is 551. The third-order valence-electron chi connectivity index (χ3n) is 2.43. The minimum Gasteiger partial charge on any atom is -0.496 e. The highest BCUT2D eigenvalue weighted by molar-refractivity contribution is 9.10. The van der Waals surface area contributed by atoms with E-state index in [0.717, 1.165) is 10.9 Å². The summed E-state index contributed by atoms with van der Waals surface area (Å²) in [6, 6.07) is 5.04. The molecule has 0 saturated carbocycles. The molecule has 0 heterocycles. The van der Waals surface area contributed by atoms with E-state index in [1.165, 1.54) is 7.11 Å². The van der Waals surface area contributed by atoms with Gasteiger partial charge in [0.15, 0.2) is 5.11 Å². The molecule has 114 valence electrons. The molecule has 0 aliphatic heterocycles. The molecule has 1 aromatic rings. The van der Waals surface area contributed by atoms with E-state index in [1.54, 1.807) is 18.2 Å². The Morgan fingerprint density at radius 2 is 2.05 bits per heavy atom. The second-order valence-electron chi connectivity index (χ2n) is 4.05. The minimum atomic E-state index is -0.435. The Morgan fingerprint density at radius 1 is 1.33 bits per heavy atom. The van der Waals surface area contributed by atoms with E-state index in [1.807, 2.05) is 6.92 Å². The largest absolute Gasteiger partial charge is 0.496 e. The van der Waals surface area contributed by atoms with Crippen LogP contribution in [-0.4, -0.2) is 24.0 Å². The fourth-order valence-corrected chi connectivity index (χ4v) is 1.98. The molecule has 21 heavy (non-hydrogen) atoms. The highest BCUT2D eigenvalue weighted by Crippen LogP contribution is 2.22. The Hall–Kier alpha value is -1.67. The van der Waals surface area contributed by atoms with Gasteiger partial charge in [0, 0.05) is 10.9 Å². The quantitative estimate of drug-likeness (QED) is 0.554. The van der Waals surface area contributed by atoms with Crippen LogP contribution in [0.1, 0.15) is 30.1 Å². The second-order valence-corrected chi connectivity index (χ2v) is 5.37. The van der Waals surface area contributed by atoms with E-state index in [-0.39, 0.29) is 11.0 Å². The summed E-state index contributed by atoms with van der Waals surface area (Å²) >= 11 is 8.22. The molecule has 0 fully saturated rings. The van der Waals surface area contributed by atoms with Crippen molar-refractivity contribution < 1.29 is 14.3 Å². The van der Waals surface area contributed by atoms with Gasteiger partial charge in [-0.15, -0.1) is 0 Å². The highest BCUT2D eigenvalue weighted by atomic mass is 79.9. The van der Waals surface area contributed by atoms with E-state index < -0.39 is 5.91 Å². The molecule has 1 rings (SSSR count). The maximum Gasteiger partial charge on any atom is 0.261 e. The maximum absolute atomic E-state index is 12.1. The predicted molar refractivity (Wildman–Crippen MR) is 86.9 cm³/mol. The fraction of sp³-hybridized carbons (Fsp3) is 0.308. The van der Waals surface area contributed by atoms with Crippen LogP contribution in [0.5, 0.6) is 5.75 Å². The summed E-state index contributed by atoms with van der Waals surface area (Å²) < 4.78 is 5.86. The number of carbonyl (C=O) groups is 2. The summed E-state index contributed by atoms with van der Waals surface area (Å²) in [4.78, 5) is 23.4. The van der Waals surface area contributed by atoms with Crippen molar-refractivity contribution in [2.75, 3.05) is 7.11 Å². The number of thiocarbonyl (C=S) groups is 1. The molecule has 0 aromatic heterocycles. The van der Waals surface area contributed by atoms with Crippen molar-refractivity contribution >= 4 is 45.1 Å². The number of ether oxygens (including phenoxy) is 1. The van der Waals surface area contributed by atoms with Crippen molar-refractivity contribution in [2.45, 2.75) is 19.8 Å². The van der Waals surface area contributed by atoms with Crippen molar-refractivity contribution in [3.05, 3.63) is 28.2 Å². The van der Waals surface area contributed by atoms with Crippen LogP contribution in [0.25, 0.3) is 0 Å². The fourth-order valence-electron chi connectivity index (χ4n) is 1.48. The molecular formula is C13H16BrN3O3S. The number of benzene rings is 1. The van der Waals surface area contributed by atoms with Crippen LogP contribution in [-0.2, 0) is 4.79 Å². The summed E-state index contributed by atoms with van der Waals surface area (Å²) in [7, 11) is 1.47. The van der Waals surface area contributed by atoms with Crippen LogP contribution in [0.3, 0.4) is 0 Å².